The highest BCUT2D eigenvalue weighted by atomic mass is 19.4. The van der Waals surface area contributed by atoms with Gasteiger partial charge < -0.3 is 34.5 Å². The number of carboxylic acid groups (broad SMARTS) is 2. The van der Waals surface area contributed by atoms with E-state index < -0.39 is 30.1 Å². The number of alkyl halides is 3. The number of likely N-dealkylation sites (tertiary alicyclic amines) is 1. The summed E-state index contributed by atoms with van der Waals surface area (Å²) in [5, 5.41) is 21.0. The molecule has 0 radical (unpaired) electrons. The molecule has 0 aliphatic carbocycles. The molecule has 0 saturated carbocycles. The lowest BCUT2D eigenvalue weighted by Crippen LogP contribution is -2.43. The maximum atomic E-state index is 13.8. The fraction of sp³-hybridized carbons (Fsp3) is 0.447. The van der Waals surface area contributed by atoms with Gasteiger partial charge in [0.15, 0.2) is 11.5 Å². The minimum Gasteiger partial charge on any atom is -0.491 e. The number of carbonyl (C=O) groups is 3. The van der Waals surface area contributed by atoms with Crippen LogP contribution >= 0.6 is 0 Å². The number of fused-ring (bicyclic) bond motifs is 1. The van der Waals surface area contributed by atoms with E-state index in [2.05, 4.69) is 26.1 Å². The zero-order chi connectivity index (χ0) is 38.2. The summed E-state index contributed by atoms with van der Waals surface area (Å²) in [7, 11) is 0. The average Bonchev–Trinajstić information content (AvgIpc) is 3.70. The Morgan fingerprint density at radius 3 is 2.10 bits per heavy atom. The van der Waals surface area contributed by atoms with E-state index in [0.717, 1.165) is 16.7 Å². The van der Waals surface area contributed by atoms with Crippen molar-refractivity contribution in [3.63, 3.8) is 0 Å². The molecule has 4 atom stereocenters. The Morgan fingerprint density at radius 1 is 0.904 bits per heavy atom. The molecule has 1 unspecified atom stereocenters. The summed E-state index contributed by atoms with van der Waals surface area (Å²) in [4.78, 5) is 37.6. The summed E-state index contributed by atoms with van der Waals surface area (Å²) in [5.41, 5.74) is 2.42. The topological polar surface area (TPSA) is 144 Å². The number of ether oxygens (including phenoxy) is 4. The third-order valence-corrected chi connectivity index (χ3v) is 8.63. The van der Waals surface area contributed by atoms with Gasteiger partial charge in [-0.2, -0.15) is 13.2 Å². The molecule has 2 aliphatic heterocycles. The Bertz CT molecular complexity index is 1660. The van der Waals surface area contributed by atoms with E-state index in [1.54, 1.807) is 0 Å². The molecule has 0 aromatic heterocycles. The van der Waals surface area contributed by atoms with E-state index in [4.69, 9.17) is 28.8 Å². The summed E-state index contributed by atoms with van der Waals surface area (Å²) < 4.78 is 54.3. The standard InChI is InChI=1S/C36H44N2O7.C2HF3O2/c1-23(2)42-17-18-43-27-14-11-24(12-15-27)33-32(35(40)41)28(26-13-16-29-30(19-26)45-22-44-29)20-38(33)21-31(39)37-34(36(3,4)5)25-9-7-6-8-10-25;3-2(4,5)1(6)7/h6-16,19,23,28,32-34H,17-18,20-22H2,1-5H3,(H,37,39)(H,40,41);(H,6,7)/t28-,32-,33+,34?;/m1./s1. The zero-order valence-corrected chi connectivity index (χ0v) is 29.7. The maximum Gasteiger partial charge on any atom is 0.490 e. The fourth-order valence-corrected chi connectivity index (χ4v) is 6.31. The van der Waals surface area contributed by atoms with Crippen molar-refractivity contribution in [2.24, 2.45) is 11.3 Å². The second kappa shape index (κ2) is 17.1. The second-order valence-corrected chi connectivity index (χ2v) is 13.9. The van der Waals surface area contributed by atoms with E-state index in [0.29, 0.717) is 37.0 Å². The Labute approximate surface area is 300 Å². The number of nitrogens with zero attached hydrogens (tertiary/aromatic N) is 1. The van der Waals surface area contributed by atoms with Crippen LogP contribution in [0.3, 0.4) is 0 Å². The van der Waals surface area contributed by atoms with E-state index in [1.165, 1.54) is 0 Å². The van der Waals surface area contributed by atoms with Crippen molar-refractivity contribution in [2.75, 3.05) is 33.1 Å². The lowest BCUT2D eigenvalue weighted by molar-refractivity contribution is -0.192. The number of nitrogens with one attached hydrogen (secondary N) is 1. The molecule has 3 N–H and O–H groups in total. The largest absolute Gasteiger partial charge is 0.491 e. The molecule has 14 heteroatoms. The third kappa shape index (κ3) is 10.6. The molecule has 52 heavy (non-hydrogen) atoms. The number of carbonyl (C=O) groups excluding carboxylic acids is 1. The van der Waals surface area contributed by atoms with Gasteiger partial charge in [-0.25, -0.2) is 4.79 Å². The van der Waals surface area contributed by atoms with Crippen molar-refractivity contribution in [3.05, 3.63) is 89.5 Å². The van der Waals surface area contributed by atoms with Crippen LogP contribution in [0.5, 0.6) is 17.2 Å². The van der Waals surface area contributed by atoms with Crippen LogP contribution in [0.2, 0.25) is 0 Å². The number of carboxylic acids is 2. The molecular formula is C38H45F3N2O9. The predicted octanol–water partition coefficient (Wildman–Crippen LogP) is 6.60. The lowest BCUT2D eigenvalue weighted by atomic mass is 9.82. The van der Waals surface area contributed by atoms with Crippen molar-refractivity contribution in [1.82, 2.24) is 10.2 Å². The first kappa shape index (κ1) is 40.0. The summed E-state index contributed by atoms with van der Waals surface area (Å²) in [6, 6.07) is 22.2. The Hall–Kier alpha value is -4.82. The highest BCUT2D eigenvalue weighted by molar-refractivity contribution is 5.80. The van der Waals surface area contributed by atoms with Crippen molar-refractivity contribution in [2.45, 2.75) is 64.9 Å². The van der Waals surface area contributed by atoms with E-state index in [9.17, 15) is 27.9 Å². The van der Waals surface area contributed by atoms with Crippen molar-refractivity contribution in [1.29, 1.82) is 0 Å². The van der Waals surface area contributed by atoms with Crippen LogP contribution in [-0.4, -0.2) is 78.3 Å². The van der Waals surface area contributed by atoms with Crippen LogP contribution in [0.1, 0.15) is 69.3 Å². The summed E-state index contributed by atoms with van der Waals surface area (Å²) >= 11 is 0. The number of hydrogen-bond acceptors (Lipinski definition) is 8. The summed E-state index contributed by atoms with van der Waals surface area (Å²) in [5.74, 6) is -3.12. The number of rotatable bonds is 12. The smallest absolute Gasteiger partial charge is 0.490 e. The molecule has 0 bridgehead atoms. The minimum absolute atomic E-state index is 0.0414. The van der Waals surface area contributed by atoms with Gasteiger partial charge in [-0.3, -0.25) is 14.5 Å². The monoisotopic (exact) mass is 730 g/mol. The van der Waals surface area contributed by atoms with Gasteiger partial charge in [0.05, 0.1) is 31.2 Å². The summed E-state index contributed by atoms with van der Waals surface area (Å²) in [6.45, 7) is 11.7. The van der Waals surface area contributed by atoms with Crippen LogP contribution in [0, 0.1) is 11.3 Å². The molecule has 0 spiro atoms. The van der Waals surface area contributed by atoms with Gasteiger partial charge in [0.1, 0.15) is 12.4 Å². The van der Waals surface area contributed by atoms with Gasteiger partial charge in [-0.1, -0.05) is 69.3 Å². The van der Waals surface area contributed by atoms with E-state index in [-0.39, 0.29) is 42.7 Å². The normalized spacial score (nSPS) is 19.1. The second-order valence-electron chi connectivity index (χ2n) is 13.9. The molecule has 5 rings (SSSR count). The van der Waals surface area contributed by atoms with Gasteiger partial charge >= 0.3 is 18.1 Å². The number of amides is 1. The third-order valence-electron chi connectivity index (χ3n) is 8.63. The van der Waals surface area contributed by atoms with Crippen molar-refractivity contribution < 1.29 is 56.7 Å². The van der Waals surface area contributed by atoms with Crippen molar-refractivity contribution in [3.8, 4) is 17.2 Å². The van der Waals surface area contributed by atoms with Gasteiger partial charge in [0.2, 0.25) is 12.7 Å². The Balaban J connectivity index is 0.000000785. The molecule has 3 aromatic rings. The van der Waals surface area contributed by atoms with E-state index >= 15 is 0 Å². The quantitative estimate of drug-likeness (QED) is 0.175. The molecule has 1 saturated heterocycles. The van der Waals surface area contributed by atoms with Crippen LogP contribution in [-0.2, 0) is 19.1 Å². The molecule has 1 fully saturated rings. The zero-order valence-electron chi connectivity index (χ0n) is 29.7. The molecule has 1 amide bonds. The lowest BCUT2D eigenvalue weighted by Gasteiger charge is -2.33. The van der Waals surface area contributed by atoms with Gasteiger partial charge in [0.25, 0.3) is 0 Å². The minimum atomic E-state index is -5.08. The molecule has 3 aromatic carbocycles. The van der Waals surface area contributed by atoms with Gasteiger partial charge in [-0.15, -0.1) is 0 Å². The first-order valence-corrected chi connectivity index (χ1v) is 16.8. The highest BCUT2D eigenvalue weighted by Crippen LogP contribution is 2.48. The number of aliphatic carboxylic acids is 2. The highest BCUT2D eigenvalue weighted by Gasteiger charge is 2.48. The van der Waals surface area contributed by atoms with E-state index in [1.807, 2.05) is 91.5 Å². The molecular weight excluding hydrogens is 685 g/mol. The average molecular weight is 731 g/mol. The summed E-state index contributed by atoms with van der Waals surface area (Å²) in [6.07, 6.45) is -4.96. The predicted molar refractivity (Wildman–Crippen MR) is 184 cm³/mol. The number of halogens is 3. The molecule has 2 aliphatic rings. The number of benzene rings is 3. The van der Waals surface area contributed by atoms with Crippen molar-refractivity contribution >= 4 is 17.8 Å². The van der Waals surface area contributed by atoms with Crippen LogP contribution < -0.4 is 19.5 Å². The Kier molecular flexibility index (Phi) is 13.2. The van der Waals surface area contributed by atoms with Crippen LogP contribution in [0.4, 0.5) is 13.2 Å². The van der Waals surface area contributed by atoms with Crippen LogP contribution in [0.15, 0.2) is 72.8 Å². The molecule has 282 valence electrons. The first-order valence-electron chi connectivity index (χ1n) is 16.8. The van der Waals surface area contributed by atoms with Crippen LogP contribution in [0.25, 0.3) is 0 Å². The van der Waals surface area contributed by atoms with Gasteiger partial charge in [-0.05, 0) is 60.2 Å². The number of hydrogen-bond donors (Lipinski definition) is 3. The SMILES string of the molecule is CC(C)OCCOc1ccc([C@H]2[C@H](C(=O)O)[C@@H](c3ccc4c(c3)OCO4)CN2CC(=O)NC(c2ccccc2)C(C)(C)C)cc1.O=C(O)C(F)(F)F. The molecule has 2 heterocycles. The fourth-order valence-electron chi connectivity index (χ4n) is 6.31. The maximum absolute atomic E-state index is 13.8. The molecule has 11 nitrogen and oxygen atoms in total. The Morgan fingerprint density at radius 2 is 1.52 bits per heavy atom. The van der Waals surface area contributed by atoms with Gasteiger partial charge in [0, 0.05) is 18.5 Å². The first-order chi connectivity index (χ1) is 24.5.